The first-order chi connectivity index (χ1) is 9.69. The molecule has 2 rings (SSSR count). The fraction of sp³-hybridized carbons (Fsp3) is 0.312. The molecule has 0 aliphatic heterocycles. The van der Waals surface area contributed by atoms with Crippen LogP contribution in [0.25, 0.3) is 0 Å². The van der Waals surface area contributed by atoms with E-state index in [9.17, 15) is 0 Å². The lowest BCUT2D eigenvalue weighted by Gasteiger charge is -2.12. The molecule has 4 heteroatoms. The van der Waals surface area contributed by atoms with Gasteiger partial charge in [-0.2, -0.15) is 0 Å². The summed E-state index contributed by atoms with van der Waals surface area (Å²) in [4.78, 5) is 4.33. The minimum atomic E-state index is 0.558. The van der Waals surface area contributed by atoms with E-state index in [1.54, 1.807) is 0 Å². The summed E-state index contributed by atoms with van der Waals surface area (Å²) in [6, 6.07) is 10.1. The van der Waals surface area contributed by atoms with Gasteiger partial charge in [-0.1, -0.05) is 35.0 Å². The Morgan fingerprint density at radius 1 is 1.30 bits per heavy atom. The van der Waals surface area contributed by atoms with E-state index >= 15 is 0 Å². The number of nitrogens with one attached hydrogen (secondary N) is 1. The van der Waals surface area contributed by atoms with E-state index < -0.39 is 0 Å². The van der Waals surface area contributed by atoms with E-state index in [1.807, 2.05) is 31.3 Å². The molecule has 1 heterocycles. The van der Waals surface area contributed by atoms with Gasteiger partial charge in [-0.25, -0.2) is 0 Å². The number of pyridine rings is 1. The molecule has 20 heavy (non-hydrogen) atoms. The van der Waals surface area contributed by atoms with Gasteiger partial charge in [-0.3, -0.25) is 4.98 Å². The van der Waals surface area contributed by atoms with Gasteiger partial charge < -0.3 is 10.1 Å². The monoisotopic (exact) mass is 334 g/mol. The van der Waals surface area contributed by atoms with Gasteiger partial charge in [0.15, 0.2) is 0 Å². The third-order valence-electron chi connectivity index (χ3n) is 2.93. The van der Waals surface area contributed by atoms with Crippen molar-refractivity contribution >= 4 is 15.9 Å². The van der Waals surface area contributed by atoms with Crippen molar-refractivity contribution in [1.82, 2.24) is 10.3 Å². The number of ether oxygens (including phenoxy) is 1. The van der Waals surface area contributed by atoms with E-state index in [-0.39, 0.29) is 0 Å². The smallest absolute Gasteiger partial charge is 0.127 e. The molecular weight excluding hydrogens is 316 g/mol. The van der Waals surface area contributed by atoms with E-state index in [1.165, 1.54) is 0 Å². The SMILES string of the molecule is CCNCc1cnc(C)cc1OCc1cccc(Br)c1. The zero-order valence-electron chi connectivity index (χ0n) is 11.8. The van der Waals surface area contributed by atoms with Crippen LogP contribution in [0.5, 0.6) is 5.75 Å². The van der Waals surface area contributed by atoms with E-state index in [4.69, 9.17) is 4.74 Å². The molecule has 3 nitrogen and oxygen atoms in total. The van der Waals surface area contributed by atoms with E-state index in [0.29, 0.717) is 6.61 Å². The van der Waals surface area contributed by atoms with Gasteiger partial charge in [0.25, 0.3) is 0 Å². The average molecular weight is 335 g/mol. The molecule has 0 aliphatic rings. The Hall–Kier alpha value is -1.39. The minimum Gasteiger partial charge on any atom is -0.488 e. The highest BCUT2D eigenvalue weighted by atomic mass is 79.9. The van der Waals surface area contributed by atoms with Crippen molar-refractivity contribution < 1.29 is 4.74 Å². The number of hydrogen-bond donors (Lipinski definition) is 1. The zero-order chi connectivity index (χ0) is 14.4. The van der Waals surface area contributed by atoms with Crippen molar-refractivity contribution in [1.29, 1.82) is 0 Å². The summed E-state index contributed by atoms with van der Waals surface area (Å²) in [5.41, 5.74) is 3.20. The maximum Gasteiger partial charge on any atom is 0.127 e. The molecule has 0 saturated heterocycles. The van der Waals surface area contributed by atoms with Crippen LogP contribution in [-0.2, 0) is 13.2 Å². The van der Waals surface area contributed by atoms with Crippen LogP contribution in [0.4, 0.5) is 0 Å². The summed E-state index contributed by atoms with van der Waals surface area (Å²) in [7, 11) is 0. The minimum absolute atomic E-state index is 0.558. The lowest BCUT2D eigenvalue weighted by Crippen LogP contribution is -2.13. The predicted octanol–water partition coefficient (Wildman–Crippen LogP) is 3.84. The van der Waals surface area contributed by atoms with Crippen LogP contribution in [0.3, 0.4) is 0 Å². The molecule has 0 unspecified atom stereocenters. The Bertz CT molecular complexity index is 572. The third kappa shape index (κ3) is 4.32. The fourth-order valence-electron chi connectivity index (χ4n) is 1.88. The van der Waals surface area contributed by atoms with E-state index in [0.717, 1.165) is 40.1 Å². The molecule has 0 radical (unpaired) electrons. The topological polar surface area (TPSA) is 34.2 Å². The summed E-state index contributed by atoms with van der Waals surface area (Å²) in [6.07, 6.45) is 1.88. The Labute approximate surface area is 128 Å². The molecule has 1 aromatic heterocycles. The number of benzene rings is 1. The van der Waals surface area contributed by atoms with Crippen molar-refractivity contribution in [2.24, 2.45) is 0 Å². The van der Waals surface area contributed by atoms with Gasteiger partial charge in [0, 0.05) is 34.5 Å². The molecule has 0 saturated carbocycles. The first-order valence-electron chi connectivity index (χ1n) is 6.72. The molecule has 0 atom stereocenters. The van der Waals surface area contributed by atoms with Gasteiger partial charge in [-0.15, -0.1) is 0 Å². The number of rotatable bonds is 6. The summed E-state index contributed by atoms with van der Waals surface area (Å²) >= 11 is 3.47. The van der Waals surface area contributed by atoms with Crippen LogP contribution < -0.4 is 10.1 Å². The molecular formula is C16H19BrN2O. The lowest BCUT2D eigenvalue weighted by molar-refractivity contribution is 0.301. The van der Waals surface area contributed by atoms with Gasteiger partial charge in [0.1, 0.15) is 12.4 Å². The van der Waals surface area contributed by atoms with E-state index in [2.05, 4.69) is 45.3 Å². The Morgan fingerprint density at radius 2 is 2.15 bits per heavy atom. The molecule has 0 bridgehead atoms. The second kappa shape index (κ2) is 7.41. The van der Waals surface area contributed by atoms with Gasteiger partial charge in [-0.05, 0) is 31.2 Å². The van der Waals surface area contributed by atoms with Crippen LogP contribution in [0.15, 0.2) is 41.0 Å². The van der Waals surface area contributed by atoms with Crippen LogP contribution >= 0.6 is 15.9 Å². The molecule has 0 fully saturated rings. The van der Waals surface area contributed by atoms with Crippen molar-refractivity contribution in [2.45, 2.75) is 27.0 Å². The van der Waals surface area contributed by atoms with Gasteiger partial charge in [0.05, 0.1) is 0 Å². The van der Waals surface area contributed by atoms with Crippen LogP contribution in [0, 0.1) is 6.92 Å². The molecule has 0 spiro atoms. The zero-order valence-corrected chi connectivity index (χ0v) is 13.4. The Kier molecular flexibility index (Phi) is 5.56. The number of aryl methyl sites for hydroxylation is 1. The molecule has 0 aliphatic carbocycles. The summed E-state index contributed by atoms with van der Waals surface area (Å²) in [6.45, 7) is 6.32. The number of nitrogens with zero attached hydrogens (tertiary/aromatic N) is 1. The maximum absolute atomic E-state index is 5.96. The highest BCUT2D eigenvalue weighted by Crippen LogP contribution is 2.21. The lowest BCUT2D eigenvalue weighted by atomic mass is 10.2. The van der Waals surface area contributed by atoms with Crippen LogP contribution in [0.1, 0.15) is 23.7 Å². The second-order valence-electron chi connectivity index (χ2n) is 4.63. The standard InChI is InChI=1S/C16H19BrN2O/c1-3-18-9-14-10-19-12(2)7-16(14)20-11-13-5-4-6-15(17)8-13/h4-8,10,18H,3,9,11H2,1-2H3. The van der Waals surface area contributed by atoms with Crippen molar-refractivity contribution in [3.05, 3.63) is 57.8 Å². The number of hydrogen-bond acceptors (Lipinski definition) is 3. The highest BCUT2D eigenvalue weighted by molar-refractivity contribution is 9.10. The predicted molar refractivity (Wildman–Crippen MR) is 84.8 cm³/mol. The van der Waals surface area contributed by atoms with Gasteiger partial charge in [0.2, 0.25) is 0 Å². The van der Waals surface area contributed by atoms with Crippen molar-refractivity contribution in [3.63, 3.8) is 0 Å². The van der Waals surface area contributed by atoms with Crippen LogP contribution in [-0.4, -0.2) is 11.5 Å². The van der Waals surface area contributed by atoms with Crippen molar-refractivity contribution in [2.75, 3.05) is 6.54 Å². The maximum atomic E-state index is 5.96. The molecule has 1 aromatic carbocycles. The van der Waals surface area contributed by atoms with Gasteiger partial charge >= 0.3 is 0 Å². The molecule has 106 valence electrons. The highest BCUT2D eigenvalue weighted by Gasteiger charge is 2.05. The molecule has 0 amide bonds. The quantitative estimate of drug-likeness (QED) is 0.871. The number of aromatic nitrogens is 1. The molecule has 1 N–H and O–H groups in total. The molecule has 2 aromatic rings. The Morgan fingerprint density at radius 3 is 2.90 bits per heavy atom. The van der Waals surface area contributed by atoms with Crippen LogP contribution in [0.2, 0.25) is 0 Å². The Balaban J connectivity index is 2.09. The van der Waals surface area contributed by atoms with Crippen molar-refractivity contribution in [3.8, 4) is 5.75 Å². The largest absolute Gasteiger partial charge is 0.488 e. The first kappa shape index (κ1) is 15.0. The average Bonchev–Trinajstić information content (AvgIpc) is 2.44. The normalized spacial score (nSPS) is 10.6. The summed E-state index contributed by atoms with van der Waals surface area (Å²) in [5.74, 6) is 0.901. The number of halogens is 1. The fourth-order valence-corrected chi connectivity index (χ4v) is 2.32. The first-order valence-corrected chi connectivity index (χ1v) is 7.52. The second-order valence-corrected chi connectivity index (χ2v) is 5.55. The summed E-state index contributed by atoms with van der Waals surface area (Å²) < 4.78 is 7.02. The third-order valence-corrected chi connectivity index (χ3v) is 3.42. The summed E-state index contributed by atoms with van der Waals surface area (Å²) in [5, 5.41) is 3.30.